The molecule has 0 spiro atoms. The number of aliphatic hydroxyl groups is 1. The van der Waals surface area contributed by atoms with Crippen molar-refractivity contribution >= 4 is 0 Å². The standard InChI is InChI=1S/C18H23NO2/c1-14-8-15(2)10-18(9-14)21-13-17(20)12-19-11-16-6-4-3-5-7-16/h3-10,17,19-20H,11-13H2,1-2H3. The maximum absolute atomic E-state index is 9.94. The Kier molecular flexibility index (Phi) is 5.78. The molecule has 2 rings (SSSR count). The Morgan fingerprint density at radius 2 is 1.71 bits per heavy atom. The first-order valence-electron chi connectivity index (χ1n) is 7.27. The molecule has 0 radical (unpaired) electrons. The van der Waals surface area contributed by atoms with Crippen LogP contribution in [0.1, 0.15) is 16.7 Å². The minimum Gasteiger partial charge on any atom is -0.491 e. The molecule has 2 N–H and O–H groups in total. The Morgan fingerprint density at radius 1 is 1.05 bits per heavy atom. The summed E-state index contributed by atoms with van der Waals surface area (Å²) in [7, 11) is 0. The average molecular weight is 285 g/mol. The molecule has 21 heavy (non-hydrogen) atoms. The molecule has 0 saturated heterocycles. The molecule has 3 heteroatoms. The first kappa shape index (κ1) is 15.5. The van der Waals surface area contributed by atoms with Crippen molar-refractivity contribution in [3.63, 3.8) is 0 Å². The molecule has 2 aromatic carbocycles. The van der Waals surface area contributed by atoms with E-state index in [0.29, 0.717) is 13.2 Å². The fourth-order valence-corrected chi connectivity index (χ4v) is 2.25. The largest absolute Gasteiger partial charge is 0.491 e. The van der Waals surface area contributed by atoms with Crippen LogP contribution in [0.2, 0.25) is 0 Å². The van der Waals surface area contributed by atoms with E-state index in [1.807, 2.05) is 44.2 Å². The lowest BCUT2D eigenvalue weighted by atomic mass is 10.1. The number of nitrogens with one attached hydrogen (secondary N) is 1. The van der Waals surface area contributed by atoms with Gasteiger partial charge in [-0.2, -0.15) is 0 Å². The smallest absolute Gasteiger partial charge is 0.119 e. The first-order valence-corrected chi connectivity index (χ1v) is 7.27. The summed E-state index contributed by atoms with van der Waals surface area (Å²) < 4.78 is 5.64. The van der Waals surface area contributed by atoms with Gasteiger partial charge < -0.3 is 15.2 Å². The SMILES string of the molecule is Cc1cc(C)cc(OCC(O)CNCc2ccccc2)c1. The molecule has 1 atom stereocenters. The van der Waals surface area contributed by atoms with E-state index >= 15 is 0 Å². The van der Waals surface area contributed by atoms with E-state index in [-0.39, 0.29) is 0 Å². The minimum absolute atomic E-state index is 0.296. The highest BCUT2D eigenvalue weighted by Gasteiger charge is 2.05. The number of hydrogen-bond donors (Lipinski definition) is 2. The van der Waals surface area contributed by atoms with Gasteiger partial charge in [-0.3, -0.25) is 0 Å². The molecule has 0 aliphatic carbocycles. The van der Waals surface area contributed by atoms with Crippen LogP contribution in [0.15, 0.2) is 48.5 Å². The lowest BCUT2D eigenvalue weighted by molar-refractivity contribution is 0.106. The summed E-state index contributed by atoms with van der Waals surface area (Å²) in [6, 6.07) is 16.2. The van der Waals surface area contributed by atoms with Gasteiger partial charge in [0.25, 0.3) is 0 Å². The molecular formula is C18H23NO2. The van der Waals surface area contributed by atoms with Gasteiger partial charge in [-0.25, -0.2) is 0 Å². The van der Waals surface area contributed by atoms with Gasteiger partial charge in [0, 0.05) is 13.1 Å². The second-order valence-corrected chi connectivity index (χ2v) is 5.40. The fraction of sp³-hybridized carbons (Fsp3) is 0.333. The molecule has 0 bridgehead atoms. The van der Waals surface area contributed by atoms with Crippen molar-refractivity contribution in [2.75, 3.05) is 13.2 Å². The molecule has 0 amide bonds. The zero-order valence-corrected chi connectivity index (χ0v) is 12.7. The predicted octanol–water partition coefficient (Wildman–Crippen LogP) is 2.83. The molecule has 112 valence electrons. The van der Waals surface area contributed by atoms with Crippen LogP contribution in [0.25, 0.3) is 0 Å². The topological polar surface area (TPSA) is 41.5 Å². The van der Waals surface area contributed by atoms with Gasteiger partial charge in [0.1, 0.15) is 18.5 Å². The number of aliphatic hydroxyl groups excluding tert-OH is 1. The lowest BCUT2D eigenvalue weighted by Crippen LogP contribution is -2.31. The summed E-state index contributed by atoms with van der Waals surface area (Å²) >= 11 is 0. The second kappa shape index (κ2) is 7.81. The Morgan fingerprint density at radius 3 is 2.38 bits per heavy atom. The number of hydrogen-bond acceptors (Lipinski definition) is 3. The lowest BCUT2D eigenvalue weighted by Gasteiger charge is -2.14. The van der Waals surface area contributed by atoms with Crippen LogP contribution < -0.4 is 10.1 Å². The second-order valence-electron chi connectivity index (χ2n) is 5.40. The van der Waals surface area contributed by atoms with Crippen LogP contribution in [-0.4, -0.2) is 24.4 Å². The normalized spacial score (nSPS) is 12.1. The Hall–Kier alpha value is -1.84. The van der Waals surface area contributed by atoms with Crippen molar-refractivity contribution in [2.24, 2.45) is 0 Å². The highest BCUT2D eigenvalue weighted by molar-refractivity contribution is 5.33. The highest BCUT2D eigenvalue weighted by atomic mass is 16.5. The van der Waals surface area contributed by atoms with Gasteiger partial charge in [-0.1, -0.05) is 36.4 Å². The summed E-state index contributed by atoms with van der Waals surface area (Å²) in [4.78, 5) is 0. The van der Waals surface area contributed by atoms with Crippen LogP contribution in [0.5, 0.6) is 5.75 Å². The first-order chi connectivity index (χ1) is 10.1. The van der Waals surface area contributed by atoms with Gasteiger partial charge in [0.2, 0.25) is 0 Å². The van der Waals surface area contributed by atoms with Crippen LogP contribution in [-0.2, 0) is 6.54 Å². The molecule has 0 aliphatic heterocycles. The Bertz CT molecular complexity index is 534. The maximum atomic E-state index is 9.94. The molecule has 3 nitrogen and oxygen atoms in total. The van der Waals surface area contributed by atoms with E-state index in [9.17, 15) is 5.11 Å². The number of rotatable bonds is 7. The third kappa shape index (κ3) is 5.58. The van der Waals surface area contributed by atoms with E-state index in [1.54, 1.807) is 0 Å². The van der Waals surface area contributed by atoms with Gasteiger partial charge in [-0.15, -0.1) is 0 Å². The number of aryl methyl sites for hydroxylation is 2. The summed E-state index contributed by atoms with van der Waals surface area (Å²) in [5.74, 6) is 0.814. The zero-order chi connectivity index (χ0) is 15.1. The van der Waals surface area contributed by atoms with Crippen molar-refractivity contribution in [3.05, 3.63) is 65.2 Å². The number of ether oxygens (including phenoxy) is 1. The number of benzene rings is 2. The van der Waals surface area contributed by atoms with Crippen molar-refractivity contribution in [2.45, 2.75) is 26.5 Å². The van der Waals surface area contributed by atoms with E-state index in [2.05, 4.69) is 23.5 Å². The minimum atomic E-state index is -0.519. The summed E-state index contributed by atoms with van der Waals surface area (Å²) in [5, 5.41) is 13.2. The van der Waals surface area contributed by atoms with E-state index in [0.717, 1.165) is 12.3 Å². The van der Waals surface area contributed by atoms with Crippen LogP contribution in [0, 0.1) is 13.8 Å². The molecule has 0 aromatic heterocycles. The van der Waals surface area contributed by atoms with Gasteiger partial charge in [0.05, 0.1) is 0 Å². The monoisotopic (exact) mass is 285 g/mol. The Balaban J connectivity index is 1.71. The maximum Gasteiger partial charge on any atom is 0.119 e. The van der Waals surface area contributed by atoms with Crippen molar-refractivity contribution < 1.29 is 9.84 Å². The van der Waals surface area contributed by atoms with Crippen LogP contribution in [0.4, 0.5) is 0 Å². The van der Waals surface area contributed by atoms with Gasteiger partial charge in [-0.05, 0) is 42.7 Å². The fourth-order valence-electron chi connectivity index (χ4n) is 2.25. The Labute approximate surface area is 126 Å². The van der Waals surface area contributed by atoms with Crippen molar-refractivity contribution in [3.8, 4) is 5.75 Å². The van der Waals surface area contributed by atoms with Crippen LogP contribution >= 0.6 is 0 Å². The third-order valence-electron chi connectivity index (χ3n) is 3.19. The predicted molar refractivity (Wildman–Crippen MR) is 85.6 cm³/mol. The van der Waals surface area contributed by atoms with E-state index in [4.69, 9.17) is 4.74 Å². The highest BCUT2D eigenvalue weighted by Crippen LogP contribution is 2.16. The quantitative estimate of drug-likeness (QED) is 0.822. The third-order valence-corrected chi connectivity index (χ3v) is 3.19. The molecular weight excluding hydrogens is 262 g/mol. The van der Waals surface area contributed by atoms with Crippen molar-refractivity contribution in [1.29, 1.82) is 0 Å². The van der Waals surface area contributed by atoms with Crippen LogP contribution in [0.3, 0.4) is 0 Å². The molecule has 2 aromatic rings. The van der Waals surface area contributed by atoms with Gasteiger partial charge >= 0.3 is 0 Å². The van der Waals surface area contributed by atoms with E-state index in [1.165, 1.54) is 16.7 Å². The van der Waals surface area contributed by atoms with Gasteiger partial charge in [0.15, 0.2) is 0 Å². The summed E-state index contributed by atoms with van der Waals surface area (Å²) in [5.41, 5.74) is 3.54. The molecule has 0 saturated carbocycles. The van der Waals surface area contributed by atoms with E-state index < -0.39 is 6.10 Å². The molecule has 0 aliphatic rings. The molecule has 1 unspecified atom stereocenters. The van der Waals surface area contributed by atoms with Crippen molar-refractivity contribution in [1.82, 2.24) is 5.32 Å². The summed E-state index contributed by atoms with van der Waals surface area (Å²) in [6.07, 6.45) is -0.519. The molecule has 0 heterocycles. The average Bonchev–Trinajstić information content (AvgIpc) is 2.45. The zero-order valence-electron chi connectivity index (χ0n) is 12.7. The molecule has 0 fully saturated rings. The summed E-state index contributed by atoms with van der Waals surface area (Å²) in [6.45, 7) is 5.64.